The maximum Gasteiger partial charge on any atom is 0.296 e. The van der Waals surface area contributed by atoms with E-state index in [1.165, 1.54) is 11.1 Å². The van der Waals surface area contributed by atoms with Crippen LogP contribution in [-0.2, 0) is 15.5 Å². The van der Waals surface area contributed by atoms with Crippen LogP contribution in [0.3, 0.4) is 0 Å². The molecule has 1 aliphatic carbocycles. The highest BCUT2D eigenvalue weighted by Gasteiger charge is 2.33. The number of benzene rings is 1. The largest absolute Gasteiger partial charge is 0.297 e. The SMILES string of the molecule is Cc1ccc(Cc2nnc(S(=O)(=O)Cl)n2C2CC2)cc1C. The molecule has 3 rings (SSSR count). The Kier molecular flexibility index (Phi) is 3.53. The topological polar surface area (TPSA) is 64.8 Å². The molecule has 0 aliphatic heterocycles. The molecule has 1 aromatic heterocycles. The molecular weight excluding hydrogens is 310 g/mol. The van der Waals surface area contributed by atoms with Crippen molar-refractivity contribution in [1.82, 2.24) is 14.8 Å². The average Bonchev–Trinajstić information content (AvgIpc) is 3.14. The van der Waals surface area contributed by atoms with Crippen LogP contribution in [0.15, 0.2) is 23.4 Å². The quantitative estimate of drug-likeness (QED) is 0.811. The molecule has 21 heavy (non-hydrogen) atoms. The second-order valence-corrected chi connectivity index (χ2v) is 7.99. The summed E-state index contributed by atoms with van der Waals surface area (Å²) in [6.07, 6.45) is 2.44. The predicted molar refractivity (Wildman–Crippen MR) is 80.1 cm³/mol. The molecule has 1 saturated carbocycles. The van der Waals surface area contributed by atoms with Crippen LogP contribution in [0.2, 0.25) is 0 Å². The lowest BCUT2D eigenvalue weighted by Gasteiger charge is -2.08. The zero-order chi connectivity index (χ0) is 15.2. The van der Waals surface area contributed by atoms with E-state index in [1.54, 1.807) is 4.57 Å². The van der Waals surface area contributed by atoms with E-state index in [0.29, 0.717) is 12.2 Å². The van der Waals surface area contributed by atoms with Gasteiger partial charge < -0.3 is 0 Å². The summed E-state index contributed by atoms with van der Waals surface area (Å²) in [6.45, 7) is 4.11. The van der Waals surface area contributed by atoms with Crippen molar-refractivity contribution in [3.63, 3.8) is 0 Å². The van der Waals surface area contributed by atoms with E-state index in [9.17, 15) is 8.42 Å². The van der Waals surface area contributed by atoms with Crippen molar-refractivity contribution in [2.45, 2.75) is 44.3 Å². The molecule has 112 valence electrons. The van der Waals surface area contributed by atoms with Crippen molar-refractivity contribution in [2.24, 2.45) is 0 Å². The highest BCUT2D eigenvalue weighted by Crippen LogP contribution is 2.38. The van der Waals surface area contributed by atoms with Crippen LogP contribution in [0.4, 0.5) is 0 Å². The Morgan fingerprint density at radius 2 is 1.95 bits per heavy atom. The lowest BCUT2D eigenvalue weighted by Crippen LogP contribution is -2.08. The molecule has 0 N–H and O–H groups in total. The monoisotopic (exact) mass is 325 g/mol. The third kappa shape index (κ3) is 2.96. The van der Waals surface area contributed by atoms with Gasteiger partial charge in [-0.05, 0) is 43.4 Å². The standard InChI is InChI=1S/C14H16ClN3O2S/c1-9-3-4-11(7-10(9)2)8-13-16-17-14(21(15,19)20)18(13)12-5-6-12/h3-4,7,12H,5-6,8H2,1-2H3. The van der Waals surface area contributed by atoms with Crippen LogP contribution in [0.5, 0.6) is 0 Å². The Morgan fingerprint density at radius 3 is 2.52 bits per heavy atom. The van der Waals surface area contributed by atoms with Crippen molar-refractivity contribution in [3.05, 3.63) is 40.7 Å². The van der Waals surface area contributed by atoms with Crippen molar-refractivity contribution in [2.75, 3.05) is 0 Å². The Labute approximate surface area is 128 Å². The summed E-state index contributed by atoms with van der Waals surface area (Å²) in [5, 5.41) is 7.68. The van der Waals surface area contributed by atoms with Gasteiger partial charge in [0, 0.05) is 23.1 Å². The molecule has 7 heteroatoms. The molecule has 1 fully saturated rings. The van der Waals surface area contributed by atoms with E-state index in [-0.39, 0.29) is 11.2 Å². The molecule has 0 saturated heterocycles. The van der Waals surface area contributed by atoms with E-state index in [4.69, 9.17) is 10.7 Å². The molecular formula is C14H16ClN3O2S. The number of hydrogen-bond acceptors (Lipinski definition) is 4. The van der Waals surface area contributed by atoms with Gasteiger partial charge in [0.05, 0.1) is 0 Å². The van der Waals surface area contributed by atoms with Gasteiger partial charge in [-0.25, -0.2) is 8.42 Å². The molecule has 0 atom stereocenters. The number of nitrogens with zero attached hydrogens (tertiary/aromatic N) is 3. The van der Waals surface area contributed by atoms with Gasteiger partial charge in [-0.3, -0.25) is 4.57 Å². The maximum absolute atomic E-state index is 11.6. The second-order valence-electron chi connectivity index (χ2n) is 5.53. The fourth-order valence-electron chi connectivity index (χ4n) is 2.39. The van der Waals surface area contributed by atoms with Crippen LogP contribution in [0.1, 0.15) is 41.4 Å². The Morgan fingerprint density at radius 1 is 1.24 bits per heavy atom. The zero-order valence-corrected chi connectivity index (χ0v) is 13.4. The third-order valence-corrected chi connectivity index (χ3v) is 4.93. The van der Waals surface area contributed by atoms with E-state index in [2.05, 4.69) is 36.2 Å². The van der Waals surface area contributed by atoms with Crippen LogP contribution >= 0.6 is 10.7 Å². The first-order chi connectivity index (χ1) is 9.86. The van der Waals surface area contributed by atoms with Crippen LogP contribution in [0, 0.1) is 13.8 Å². The van der Waals surface area contributed by atoms with Gasteiger partial charge in [-0.2, -0.15) is 0 Å². The minimum atomic E-state index is -3.86. The van der Waals surface area contributed by atoms with Gasteiger partial charge in [0.25, 0.3) is 14.2 Å². The Bertz CT molecular complexity index is 795. The molecule has 0 amide bonds. The third-order valence-electron chi connectivity index (χ3n) is 3.80. The van der Waals surface area contributed by atoms with Gasteiger partial charge in [0.15, 0.2) is 0 Å². The number of rotatable bonds is 4. The number of aromatic nitrogens is 3. The predicted octanol–water partition coefficient (Wildman–Crippen LogP) is 2.75. The summed E-state index contributed by atoms with van der Waals surface area (Å²) < 4.78 is 24.9. The molecule has 1 heterocycles. The molecule has 0 radical (unpaired) electrons. The average molecular weight is 326 g/mol. The fraction of sp³-hybridized carbons (Fsp3) is 0.429. The minimum absolute atomic E-state index is 0.134. The Hall–Kier alpha value is -1.40. The number of halogens is 1. The Balaban J connectivity index is 1.99. The normalized spacial score (nSPS) is 15.4. The minimum Gasteiger partial charge on any atom is -0.297 e. The maximum atomic E-state index is 11.6. The van der Waals surface area contributed by atoms with Crippen molar-refractivity contribution in [1.29, 1.82) is 0 Å². The first-order valence-electron chi connectivity index (χ1n) is 6.81. The van der Waals surface area contributed by atoms with Crippen molar-refractivity contribution < 1.29 is 8.42 Å². The smallest absolute Gasteiger partial charge is 0.296 e. The van der Waals surface area contributed by atoms with Crippen molar-refractivity contribution in [3.8, 4) is 0 Å². The summed E-state index contributed by atoms with van der Waals surface area (Å²) in [5.41, 5.74) is 3.52. The van der Waals surface area contributed by atoms with Gasteiger partial charge in [-0.15, -0.1) is 10.2 Å². The van der Waals surface area contributed by atoms with E-state index in [1.807, 2.05) is 6.07 Å². The van der Waals surface area contributed by atoms with Crippen molar-refractivity contribution >= 4 is 19.7 Å². The van der Waals surface area contributed by atoms with E-state index < -0.39 is 9.05 Å². The second kappa shape index (κ2) is 5.10. The molecule has 1 aliphatic rings. The lowest BCUT2D eigenvalue weighted by molar-refractivity contribution is 0.571. The summed E-state index contributed by atoms with van der Waals surface area (Å²) in [6, 6.07) is 6.34. The number of aryl methyl sites for hydroxylation is 2. The summed E-state index contributed by atoms with van der Waals surface area (Å²) >= 11 is 0. The molecule has 0 bridgehead atoms. The molecule has 2 aromatic rings. The highest BCUT2D eigenvalue weighted by molar-refractivity contribution is 8.13. The summed E-state index contributed by atoms with van der Waals surface area (Å²) in [5.74, 6) is 0.653. The molecule has 0 spiro atoms. The molecule has 1 aromatic carbocycles. The molecule has 5 nitrogen and oxygen atoms in total. The van der Waals surface area contributed by atoms with E-state index in [0.717, 1.165) is 18.4 Å². The highest BCUT2D eigenvalue weighted by atomic mass is 35.7. The first kappa shape index (κ1) is 14.5. The van der Waals surface area contributed by atoms with Gasteiger partial charge in [0.2, 0.25) is 0 Å². The zero-order valence-electron chi connectivity index (χ0n) is 11.9. The molecule has 0 unspecified atom stereocenters. The first-order valence-corrected chi connectivity index (χ1v) is 9.12. The summed E-state index contributed by atoms with van der Waals surface area (Å²) in [7, 11) is 1.58. The number of hydrogen-bond donors (Lipinski definition) is 0. The van der Waals surface area contributed by atoms with Crippen LogP contribution in [0.25, 0.3) is 0 Å². The van der Waals surface area contributed by atoms with E-state index >= 15 is 0 Å². The fourth-order valence-corrected chi connectivity index (χ4v) is 3.33. The van der Waals surface area contributed by atoms with Crippen LogP contribution in [-0.4, -0.2) is 23.2 Å². The van der Waals surface area contributed by atoms with Gasteiger partial charge in [0.1, 0.15) is 5.82 Å². The van der Waals surface area contributed by atoms with Gasteiger partial charge >= 0.3 is 0 Å². The van der Waals surface area contributed by atoms with Crippen LogP contribution < -0.4 is 0 Å². The lowest BCUT2D eigenvalue weighted by atomic mass is 10.0. The summed E-state index contributed by atoms with van der Waals surface area (Å²) in [4.78, 5) is 0. The van der Waals surface area contributed by atoms with Gasteiger partial charge in [-0.1, -0.05) is 18.2 Å².